The molecule has 0 saturated carbocycles. The highest BCUT2D eigenvalue weighted by Gasteiger charge is 2.41. The van der Waals surface area contributed by atoms with Crippen molar-refractivity contribution in [3.8, 4) is 0 Å². The second-order valence-electron chi connectivity index (χ2n) is 9.41. The first-order valence-electron chi connectivity index (χ1n) is 16.4. The second-order valence-corrected chi connectivity index (χ2v) is 18.7. The summed E-state index contributed by atoms with van der Waals surface area (Å²) >= 11 is 1.95. The van der Waals surface area contributed by atoms with Gasteiger partial charge in [0.15, 0.2) is 0 Å². The number of thioether (sulfide) groups is 1. The molecule has 42 heavy (non-hydrogen) atoms. The maximum Gasteiger partial charge on any atom is 0.500 e. The lowest BCUT2D eigenvalue weighted by molar-refractivity contribution is 0.0691. The fourth-order valence-electron chi connectivity index (χ4n) is 4.87. The van der Waals surface area contributed by atoms with E-state index in [4.69, 9.17) is 39.8 Å². The van der Waals surface area contributed by atoms with Gasteiger partial charge >= 0.3 is 26.4 Å². The van der Waals surface area contributed by atoms with E-state index in [1.54, 1.807) is 0 Å². The molecule has 0 aromatic carbocycles. The molecule has 0 fully saturated rings. The van der Waals surface area contributed by atoms with Gasteiger partial charge in [-0.25, -0.2) is 0 Å². The summed E-state index contributed by atoms with van der Waals surface area (Å²) in [5.41, 5.74) is 0. The van der Waals surface area contributed by atoms with Crippen LogP contribution >= 0.6 is 11.8 Å². The van der Waals surface area contributed by atoms with Crippen molar-refractivity contribution in [2.45, 2.75) is 99.7 Å². The van der Waals surface area contributed by atoms with Crippen molar-refractivity contribution in [3.63, 3.8) is 0 Å². The molecule has 254 valence electrons. The monoisotopic (exact) mass is 675 g/mol. The number of hydrogen-bond acceptors (Lipinski definition) is 11. The molecule has 0 aliphatic carbocycles. The smallest absolute Gasteiger partial charge is 0.374 e. The average Bonchev–Trinajstić information content (AvgIpc) is 2.94. The molecule has 14 heteroatoms. The Balaban J connectivity index is 5.32. The van der Waals surface area contributed by atoms with E-state index in [0.29, 0.717) is 59.5 Å². The zero-order chi connectivity index (χ0) is 31.6. The van der Waals surface area contributed by atoms with Gasteiger partial charge in [0, 0.05) is 83.5 Å². The average molecular weight is 676 g/mol. The van der Waals surface area contributed by atoms with Crippen LogP contribution in [0.15, 0.2) is 0 Å². The summed E-state index contributed by atoms with van der Waals surface area (Å²) in [7, 11) is -7.94. The van der Waals surface area contributed by atoms with E-state index < -0.39 is 26.4 Å². The molecule has 0 heterocycles. The maximum absolute atomic E-state index is 6.10. The molecule has 0 rings (SSSR count). The summed E-state index contributed by atoms with van der Waals surface area (Å²) in [5, 5.41) is 0. The van der Waals surface area contributed by atoms with E-state index in [2.05, 4.69) is 4.90 Å². The van der Waals surface area contributed by atoms with Gasteiger partial charge in [0.05, 0.1) is 0 Å². The van der Waals surface area contributed by atoms with Crippen LogP contribution < -0.4 is 0 Å². The maximum atomic E-state index is 6.10. The first-order chi connectivity index (χ1) is 20.3. The molecule has 0 spiro atoms. The minimum absolute atomic E-state index is 0.598. The molecule has 0 aromatic heterocycles. The molecular formula is C28H65NO9SSi3. The van der Waals surface area contributed by atoms with E-state index in [1.165, 1.54) is 0 Å². The van der Waals surface area contributed by atoms with Gasteiger partial charge in [-0.2, -0.15) is 0 Å². The zero-order valence-corrected chi connectivity index (χ0v) is 32.3. The number of rotatable bonds is 32. The van der Waals surface area contributed by atoms with Crippen LogP contribution in [0.3, 0.4) is 0 Å². The van der Waals surface area contributed by atoms with Crippen LogP contribution in [0, 0.1) is 0 Å². The van der Waals surface area contributed by atoms with Crippen LogP contribution in [0.4, 0.5) is 0 Å². The van der Waals surface area contributed by atoms with Crippen molar-refractivity contribution in [2.24, 2.45) is 0 Å². The lowest BCUT2D eigenvalue weighted by atomic mass is 10.4. The third-order valence-corrected chi connectivity index (χ3v) is 16.8. The Kier molecular flexibility index (Phi) is 27.2. The van der Waals surface area contributed by atoms with Crippen molar-refractivity contribution in [3.05, 3.63) is 0 Å². The first-order valence-corrected chi connectivity index (χ1v) is 23.3. The summed E-state index contributed by atoms with van der Waals surface area (Å²) in [5.74, 6) is 1.95. The predicted molar refractivity (Wildman–Crippen MR) is 179 cm³/mol. The third-order valence-electron chi connectivity index (χ3n) is 6.24. The molecule has 0 atom stereocenters. The summed E-state index contributed by atoms with van der Waals surface area (Å²) in [6, 6.07) is 2.46. The Morgan fingerprint density at radius 3 is 0.929 bits per heavy atom. The Bertz CT molecular complexity index is 534. The summed E-state index contributed by atoms with van der Waals surface area (Å²) in [6.07, 6.45) is 2.90. The van der Waals surface area contributed by atoms with Gasteiger partial charge in [0.25, 0.3) is 0 Å². The molecule has 0 aromatic rings. The van der Waals surface area contributed by atoms with Crippen LogP contribution in [-0.4, -0.2) is 115 Å². The standard InChI is InChI=1S/C28H65NO9SSi3/c1-10-30-40(31-11-2,32-12-3)25-19-22-29(23-20-26-41(33-13-4,34-14-5)35-15-6)28-39-24-21-27-42(36-16-7,37-17-8)38-18-9/h10-28H2,1-9H3. The zero-order valence-electron chi connectivity index (χ0n) is 28.5. The molecule has 0 N–H and O–H groups in total. The van der Waals surface area contributed by atoms with Crippen molar-refractivity contribution in [2.75, 3.05) is 84.2 Å². The molecular weight excluding hydrogens is 611 g/mol. The number of nitrogens with zero attached hydrogens (tertiary/aromatic N) is 1. The van der Waals surface area contributed by atoms with Crippen molar-refractivity contribution >= 4 is 38.2 Å². The molecule has 0 radical (unpaired) electrons. The molecule has 0 saturated heterocycles. The van der Waals surface area contributed by atoms with Crippen LogP contribution in [0.1, 0.15) is 81.6 Å². The van der Waals surface area contributed by atoms with Gasteiger partial charge in [-0.15, -0.1) is 11.8 Å². The van der Waals surface area contributed by atoms with E-state index in [9.17, 15) is 0 Å². The second kappa shape index (κ2) is 26.8. The molecule has 0 unspecified atom stereocenters. The highest BCUT2D eigenvalue weighted by Crippen LogP contribution is 2.23. The molecule has 10 nitrogen and oxygen atoms in total. The van der Waals surface area contributed by atoms with Gasteiger partial charge in [-0.05, 0) is 100 Å². The Labute approximate surface area is 266 Å². The van der Waals surface area contributed by atoms with E-state index in [1.807, 2.05) is 74.1 Å². The summed E-state index contributed by atoms with van der Waals surface area (Å²) in [6.45, 7) is 25.4. The Morgan fingerprint density at radius 2 is 0.667 bits per heavy atom. The lowest BCUT2D eigenvalue weighted by Gasteiger charge is -2.31. The quantitative estimate of drug-likeness (QED) is 0.0458. The van der Waals surface area contributed by atoms with Crippen LogP contribution in [0.5, 0.6) is 0 Å². The highest BCUT2D eigenvalue weighted by atomic mass is 32.2. The van der Waals surface area contributed by atoms with Gasteiger partial charge < -0.3 is 39.8 Å². The minimum atomic E-state index is -2.67. The van der Waals surface area contributed by atoms with Crippen molar-refractivity contribution < 1.29 is 39.8 Å². The Morgan fingerprint density at radius 1 is 0.405 bits per heavy atom. The Hall–Kier alpha value is 0.601. The van der Waals surface area contributed by atoms with E-state index in [-0.39, 0.29) is 0 Å². The van der Waals surface area contributed by atoms with Gasteiger partial charge in [0.1, 0.15) is 0 Å². The van der Waals surface area contributed by atoms with Crippen LogP contribution in [0.25, 0.3) is 0 Å². The largest absolute Gasteiger partial charge is 0.500 e. The van der Waals surface area contributed by atoms with Crippen molar-refractivity contribution in [1.29, 1.82) is 0 Å². The fourth-order valence-corrected chi connectivity index (χ4v) is 13.9. The molecule has 0 aliphatic heterocycles. The van der Waals surface area contributed by atoms with E-state index >= 15 is 0 Å². The summed E-state index contributed by atoms with van der Waals surface area (Å²) < 4.78 is 54.7. The fraction of sp³-hybridized carbons (Fsp3) is 1.00. The predicted octanol–water partition coefficient (Wildman–Crippen LogP) is 6.29. The molecule has 0 bridgehead atoms. The minimum Gasteiger partial charge on any atom is -0.374 e. The molecule has 0 amide bonds. The third kappa shape index (κ3) is 17.9. The summed E-state index contributed by atoms with van der Waals surface area (Å²) in [4.78, 5) is 2.52. The normalized spacial score (nSPS) is 13.0. The van der Waals surface area contributed by atoms with Crippen molar-refractivity contribution in [1.82, 2.24) is 4.90 Å². The SMILES string of the molecule is CCO[Si](CCCSCN(CCC[Si](OCC)(OCC)OCC)CCC[Si](OCC)(OCC)OCC)(OCC)OCC. The highest BCUT2D eigenvalue weighted by molar-refractivity contribution is 7.99. The number of hydrogen-bond donors (Lipinski definition) is 0. The van der Waals surface area contributed by atoms with Crippen LogP contribution in [0.2, 0.25) is 18.1 Å². The van der Waals surface area contributed by atoms with Crippen LogP contribution in [-0.2, 0) is 39.8 Å². The van der Waals surface area contributed by atoms with Gasteiger partial charge in [0.2, 0.25) is 0 Å². The van der Waals surface area contributed by atoms with Gasteiger partial charge in [-0.1, -0.05) is 0 Å². The van der Waals surface area contributed by atoms with Gasteiger partial charge in [-0.3, -0.25) is 4.90 Å². The molecule has 0 aliphatic rings. The van der Waals surface area contributed by atoms with E-state index in [0.717, 1.165) is 62.1 Å². The first kappa shape index (κ1) is 42.6. The topological polar surface area (TPSA) is 86.3 Å². The lowest BCUT2D eigenvalue weighted by Crippen LogP contribution is -2.47.